The van der Waals surface area contributed by atoms with Crippen LogP contribution >= 0.6 is 0 Å². The molecule has 51 heavy (non-hydrogen) atoms. The maximum Gasteiger partial charge on any atom is 0.284 e. The number of benzene rings is 2. The molecule has 5 heterocycles. The highest BCUT2D eigenvalue weighted by Gasteiger charge is 2.32. The topological polar surface area (TPSA) is 107 Å². The maximum absolute atomic E-state index is 16.0. The SMILES string of the molecule is Cc1ccnc(N[C@@H]2CCCC[C@H]2n2cc3c(=O)n(-c4nccc(C)c4F)nc-3c3c(NCc4ccc(-n5cccn5)cc4)c(F)ccc32)c1F. The summed E-state index contributed by atoms with van der Waals surface area (Å²) in [7, 11) is 0. The van der Waals surface area contributed by atoms with Crippen LogP contribution in [0.25, 0.3) is 33.7 Å². The zero-order chi connectivity index (χ0) is 35.2. The molecule has 0 spiro atoms. The summed E-state index contributed by atoms with van der Waals surface area (Å²) in [4.78, 5) is 22.5. The van der Waals surface area contributed by atoms with Crippen LogP contribution in [0.3, 0.4) is 0 Å². The molecule has 0 unspecified atom stereocenters. The second-order valence-corrected chi connectivity index (χ2v) is 13.0. The van der Waals surface area contributed by atoms with Crippen molar-refractivity contribution in [1.82, 2.24) is 34.1 Å². The van der Waals surface area contributed by atoms with Gasteiger partial charge in [0.25, 0.3) is 5.56 Å². The van der Waals surface area contributed by atoms with E-state index in [0.29, 0.717) is 28.5 Å². The lowest BCUT2D eigenvalue weighted by Crippen LogP contribution is -2.35. The third-order valence-corrected chi connectivity index (χ3v) is 9.72. The number of nitrogens with one attached hydrogen (secondary N) is 2. The van der Waals surface area contributed by atoms with Crippen molar-refractivity contribution < 1.29 is 13.2 Å². The van der Waals surface area contributed by atoms with Crippen molar-refractivity contribution in [3.63, 3.8) is 0 Å². The molecule has 0 bridgehead atoms. The van der Waals surface area contributed by atoms with Crippen LogP contribution in [0.2, 0.25) is 0 Å². The van der Waals surface area contributed by atoms with Crippen LogP contribution in [0, 0.1) is 31.3 Å². The van der Waals surface area contributed by atoms with Gasteiger partial charge in [-0.3, -0.25) is 4.79 Å². The first-order valence-electron chi connectivity index (χ1n) is 16.9. The van der Waals surface area contributed by atoms with Crippen LogP contribution in [0.4, 0.5) is 24.7 Å². The van der Waals surface area contributed by atoms with E-state index in [4.69, 9.17) is 0 Å². The standard InChI is InChI=1S/C38H34F3N9O/c1-22-14-17-42-36(32(22)40)46-28-6-3-4-7-29(28)48-21-26-34(47-50(38(26)51)37-33(41)23(2)15-18-43-37)31-30(48)13-12-27(39)35(31)44-20-24-8-10-25(11-9-24)49-19-5-16-45-49/h5,8-19,21,28-29,44H,3-4,6-7,20H2,1-2H3,(H,42,46)/t28-,29-/m1/s1. The molecule has 1 saturated carbocycles. The summed E-state index contributed by atoms with van der Waals surface area (Å²) in [6.45, 7) is 3.53. The fourth-order valence-electron chi connectivity index (χ4n) is 7.02. The molecule has 3 aromatic heterocycles. The molecule has 5 aromatic rings. The van der Waals surface area contributed by atoms with Crippen molar-refractivity contribution in [3.05, 3.63) is 130 Å². The maximum atomic E-state index is 16.0. The number of nitrogens with zero attached hydrogens (tertiary/aromatic N) is 7. The van der Waals surface area contributed by atoms with Crippen molar-refractivity contribution in [1.29, 1.82) is 0 Å². The van der Waals surface area contributed by atoms with Crippen LogP contribution in [0.1, 0.15) is 48.4 Å². The van der Waals surface area contributed by atoms with Crippen molar-refractivity contribution >= 4 is 22.4 Å². The van der Waals surface area contributed by atoms with E-state index in [-0.39, 0.29) is 47.2 Å². The first kappa shape index (κ1) is 32.2. The Morgan fingerprint density at radius 1 is 0.882 bits per heavy atom. The van der Waals surface area contributed by atoms with Crippen LogP contribution in [-0.2, 0) is 6.54 Å². The van der Waals surface area contributed by atoms with E-state index in [1.165, 1.54) is 18.3 Å². The predicted molar refractivity (Wildman–Crippen MR) is 189 cm³/mol. The molecule has 0 saturated heterocycles. The van der Waals surface area contributed by atoms with E-state index in [9.17, 15) is 4.79 Å². The molecule has 2 aromatic carbocycles. The van der Waals surface area contributed by atoms with E-state index in [1.54, 1.807) is 49.3 Å². The van der Waals surface area contributed by atoms with Gasteiger partial charge < -0.3 is 15.2 Å². The van der Waals surface area contributed by atoms with Gasteiger partial charge in [-0.2, -0.15) is 14.9 Å². The summed E-state index contributed by atoms with van der Waals surface area (Å²) in [6, 6.07) is 15.2. The van der Waals surface area contributed by atoms with E-state index >= 15 is 13.2 Å². The number of halogens is 3. The molecule has 8 rings (SSSR count). The van der Waals surface area contributed by atoms with Gasteiger partial charge in [-0.05, 0) is 85.8 Å². The van der Waals surface area contributed by atoms with Crippen molar-refractivity contribution in [2.24, 2.45) is 0 Å². The monoisotopic (exact) mass is 689 g/mol. The van der Waals surface area contributed by atoms with Crippen molar-refractivity contribution in [3.8, 4) is 22.8 Å². The summed E-state index contributed by atoms with van der Waals surface area (Å²) < 4.78 is 51.2. The van der Waals surface area contributed by atoms with Gasteiger partial charge in [0.05, 0.1) is 33.9 Å². The molecular weight excluding hydrogens is 655 g/mol. The quantitative estimate of drug-likeness (QED) is 0.170. The van der Waals surface area contributed by atoms with E-state index in [1.807, 2.05) is 41.1 Å². The van der Waals surface area contributed by atoms with E-state index in [2.05, 4.69) is 30.8 Å². The number of aromatic nitrogens is 7. The fraction of sp³-hybridized carbons (Fsp3) is 0.237. The van der Waals surface area contributed by atoms with Crippen LogP contribution in [0.15, 0.2) is 90.4 Å². The Balaban J connectivity index is 1.28. The van der Waals surface area contributed by atoms with Crippen molar-refractivity contribution in [2.45, 2.75) is 58.2 Å². The van der Waals surface area contributed by atoms with Gasteiger partial charge in [-0.15, -0.1) is 0 Å². The van der Waals surface area contributed by atoms with Crippen LogP contribution < -0.4 is 16.2 Å². The minimum absolute atomic E-state index is 0.150. The molecule has 2 aliphatic heterocycles. The van der Waals surface area contributed by atoms with Gasteiger partial charge in [0, 0.05) is 43.6 Å². The Kier molecular flexibility index (Phi) is 8.25. The highest BCUT2D eigenvalue weighted by molar-refractivity contribution is 6.03. The molecule has 2 atom stereocenters. The Hall–Kier alpha value is -5.98. The first-order chi connectivity index (χ1) is 24.8. The number of pyridine rings is 3. The minimum Gasteiger partial charge on any atom is -0.378 e. The predicted octanol–water partition coefficient (Wildman–Crippen LogP) is 7.51. The molecule has 1 aliphatic carbocycles. The van der Waals surface area contributed by atoms with Crippen molar-refractivity contribution in [2.75, 3.05) is 10.6 Å². The number of anilines is 2. The van der Waals surface area contributed by atoms with Gasteiger partial charge in [0.2, 0.25) is 0 Å². The average Bonchev–Trinajstić information content (AvgIpc) is 3.80. The number of rotatable bonds is 8. The summed E-state index contributed by atoms with van der Waals surface area (Å²) in [5.74, 6) is -1.72. The molecule has 13 heteroatoms. The Bertz CT molecular complexity index is 2400. The molecule has 258 valence electrons. The summed E-state index contributed by atoms with van der Waals surface area (Å²) in [5.41, 5.74) is 3.09. The molecule has 10 nitrogen and oxygen atoms in total. The highest BCUT2D eigenvalue weighted by Crippen LogP contribution is 2.40. The smallest absolute Gasteiger partial charge is 0.284 e. The molecule has 0 amide bonds. The molecular formula is C38H34F3N9O. The summed E-state index contributed by atoms with van der Waals surface area (Å²) in [6.07, 6.45) is 11.5. The lowest BCUT2D eigenvalue weighted by Gasteiger charge is -2.36. The molecule has 0 radical (unpaired) electrons. The largest absolute Gasteiger partial charge is 0.378 e. The van der Waals surface area contributed by atoms with Gasteiger partial charge in [0.1, 0.15) is 11.5 Å². The number of hydrogen-bond donors (Lipinski definition) is 2. The van der Waals surface area contributed by atoms with Gasteiger partial charge in [-0.1, -0.05) is 25.0 Å². The fourth-order valence-corrected chi connectivity index (χ4v) is 7.02. The highest BCUT2D eigenvalue weighted by atomic mass is 19.1. The normalized spacial score (nSPS) is 16.2. The lowest BCUT2D eigenvalue weighted by atomic mass is 9.89. The summed E-state index contributed by atoms with van der Waals surface area (Å²) in [5, 5.41) is 15.9. The van der Waals surface area contributed by atoms with E-state index < -0.39 is 23.0 Å². The Morgan fingerprint density at radius 2 is 1.65 bits per heavy atom. The zero-order valence-electron chi connectivity index (χ0n) is 27.9. The number of hydrogen-bond acceptors (Lipinski definition) is 7. The van der Waals surface area contributed by atoms with Gasteiger partial charge in [-0.25, -0.2) is 27.8 Å². The summed E-state index contributed by atoms with van der Waals surface area (Å²) >= 11 is 0. The third kappa shape index (κ3) is 5.77. The third-order valence-electron chi connectivity index (χ3n) is 9.72. The second kappa shape index (κ2) is 13.0. The minimum atomic E-state index is -0.674. The number of fused-ring (bicyclic) bond motifs is 3. The Morgan fingerprint density at radius 3 is 2.43 bits per heavy atom. The second-order valence-electron chi connectivity index (χ2n) is 13.0. The lowest BCUT2D eigenvalue weighted by molar-refractivity contribution is 0.327. The van der Waals surface area contributed by atoms with Gasteiger partial charge >= 0.3 is 0 Å². The van der Waals surface area contributed by atoms with Crippen LogP contribution in [-0.4, -0.2) is 40.1 Å². The van der Waals surface area contributed by atoms with Crippen LogP contribution in [0.5, 0.6) is 0 Å². The Labute approximate surface area is 290 Å². The van der Waals surface area contributed by atoms with E-state index in [0.717, 1.165) is 35.2 Å². The molecule has 1 fully saturated rings. The average molecular weight is 690 g/mol. The number of aryl methyl sites for hydroxylation is 2. The first-order valence-corrected chi connectivity index (χ1v) is 16.9. The molecule has 2 N–H and O–H groups in total. The van der Waals surface area contributed by atoms with Gasteiger partial charge in [0.15, 0.2) is 23.3 Å². The zero-order valence-corrected chi connectivity index (χ0v) is 27.9. The molecule has 3 aliphatic rings.